The number of carbonyl (C=O) groups is 1. The summed E-state index contributed by atoms with van der Waals surface area (Å²) < 4.78 is 23.4. The van der Waals surface area contributed by atoms with Crippen LogP contribution >= 0.6 is 42.6 Å². The van der Waals surface area contributed by atoms with Crippen molar-refractivity contribution in [3.63, 3.8) is 0 Å². The van der Waals surface area contributed by atoms with Gasteiger partial charge in [-0.1, -0.05) is 12.1 Å². The Kier molecular flexibility index (Phi) is 4.52. The van der Waals surface area contributed by atoms with Crippen molar-refractivity contribution in [2.24, 2.45) is 0 Å². The fourth-order valence-electron chi connectivity index (χ4n) is 2.12. The van der Waals surface area contributed by atoms with Gasteiger partial charge in [0.15, 0.2) is 5.82 Å². The quantitative estimate of drug-likeness (QED) is 0.409. The van der Waals surface area contributed by atoms with Crippen molar-refractivity contribution in [2.75, 3.05) is 15.4 Å². The van der Waals surface area contributed by atoms with Gasteiger partial charge >= 0.3 is 6.03 Å². The fraction of sp³-hybridized carbons (Fsp3) is 0.0769. The van der Waals surface area contributed by atoms with Gasteiger partial charge in [0.2, 0.25) is 0 Å². The maximum Gasteiger partial charge on any atom is 0.324 e. The van der Waals surface area contributed by atoms with Crippen molar-refractivity contribution in [3.05, 3.63) is 45.0 Å². The van der Waals surface area contributed by atoms with E-state index < -0.39 is 16.8 Å². The van der Waals surface area contributed by atoms with Gasteiger partial charge in [-0.3, -0.25) is 19.1 Å². The molecule has 5 N–H and O–H groups in total. The third-order valence-corrected chi connectivity index (χ3v) is 5.39. The summed E-state index contributed by atoms with van der Waals surface area (Å²) in [6.45, 7) is 0. The number of hydrogen-bond donors (Lipinski definition) is 5. The number of pyridine rings is 1. The molecular weight excluding hydrogens is 452 g/mol. The first-order valence-electron chi connectivity index (χ1n) is 6.40. The Hall–Kier alpha value is -1.33. The lowest BCUT2D eigenvalue weighted by Gasteiger charge is -2.26. The van der Waals surface area contributed by atoms with Gasteiger partial charge in [-0.05, 0) is 50.1 Å². The Bertz CT molecular complexity index is 788. The molecule has 2 heterocycles. The second-order valence-corrected chi connectivity index (χ2v) is 8.29. The number of benzene rings is 1. The van der Waals surface area contributed by atoms with Crippen molar-refractivity contribution < 1.29 is 13.9 Å². The van der Waals surface area contributed by atoms with Crippen molar-refractivity contribution in [1.29, 1.82) is 0 Å². The molecule has 0 radical (unpaired) electrons. The third-order valence-electron chi connectivity index (χ3n) is 3.05. The van der Waals surface area contributed by atoms with Gasteiger partial charge in [0, 0.05) is 10.0 Å². The Morgan fingerprint density at radius 1 is 1.26 bits per heavy atom. The number of hydrogen-bond acceptors (Lipinski definition) is 5. The van der Waals surface area contributed by atoms with E-state index >= 15 is 0 Å². The zero-order chi connectivity index (χ0) is 16.6. The molecule has 2 amide bonds. The van der Waals surface area contributed by atoms with Crippen molar-refractivity contribution >= 4 is 65.9 Å². The van der Waals surface area contributed by atoms with E-state index in [1.807, 2.05) is 12.1 Å². The number of halogens is 2. The molecule has 0 saturated carbocycles. The Morgan fingerprint density at radius 3 is 2.74 bits per heavy atom. The highest BCUT2D eigenvalue weighted by Gasteiger charge is 2.28. The van der Waals surface area contributed by atoms with Gasteiger partial charge < -0.3 is 5.32 Å². The lowest BCUT2D eigenvalue weighted by Crippen LogP contribution is -2.21. The average Bonchev–Trinajstić information content (AvgIpc) is 2.75. The van der Waals surface area contributed by atoms with Gasteiger partial charge in [0.05, 0.1) is 11.4 Å². The average molecular weight is 464 g/mol. The van der Waals surface area contributed by atoms with E-state index in [1.54, 1.807) is 18.2 Å². The molecule has 0 fully saturated rings. The molecule has 0 unspecified atom stereocenters. The number of aromatic nitrogens is 1. The van der Waals surface area contributed by atoms with E-state index in [9.17, 15) is 13.9 Å². The standard InChI is InChI=1S/C13H12Br2N4O3S/c14-8-3-1-2-4-9(8)16-13(20)18-12-11-7(5-10(15)17-12)6-23(21,22)19-11/h1-5,19,21-22H,6H2,(H2,16,17,18,20). The Labute approximate surface area is 150 Å². The summed E-state index contributed by atoms with van der Waals surface area (Å²) in [5.74, 6) is 0.292. The predicted octanol–water partition coefficient (Wildman–Crippen LogP) is 4.84. The summed E-state index contributed by atoms with van der Waals surface area (Å²) in [5.41, 5.74) is 1.69. The molecule has 0 aliphatic carbocycles. The molecule has 0 spiro atoms. The van der Waals surface area contributed by atoms with Crippen LogP contribution in [0.1, 0.15) is 5.56 Å². The van der Waals surface area contributed by atoms with E-state index in [1.165, 1.54) is 0 Å². The van der Waals surface area contributed by atoms with Crippen molar-refractivity contribution in [1.82, 2.24) is 4.98 Å². The third kappa shape index (κ3) is 3.78. The summed E-state index contributed by atoms with van der Waals surface area (Å²) in [6, 6.07) is 8.38. The molecule has 23 heavy (non-hydrogen) atoms. The van der Waals surface area contributed by atoms with Crippen LogP contribution in [0.4, 0.5) is 22.0 Å². The first kappa shape index (κ1) is 16.5. The molecule has 1 aromatic heterocycles. The number of amides is 2. The molecule has 10 heteroatoms. The molecule has 1 aromatic carbocycles. The maximum atomic E-state index is 12.2. The number of nitrogens with one attached hydrogen (secondary N) is 3. The minimum Gasteiger partial charge on any atom is -0.307 e. The normalized spacial score (nSPS) is 16.2. The first-order valence-corrected chi connectivity index (χ1v) is 9.70. The van der Waals surface area contributed by atoms with E-state index in [0.29, 0.717) is 21.5 Å². The second-order valence-electron chi connectivity index (χ2n) is 4.80. The van der Waals surface area contributed by atoms with Crippen LogP contribution in [0.2, 0.25) is 0 Å². The molecule has 1 aliphatic rings. The summed E-state index contributed by atoms with van der Waals surface area (Å²) in [4.78, 5) is 16.3. The van der Waals surface area contributed by atoms with E-state index in [0.717, 1.165) is 4.47 Å². The van der Waals surface area contributed by atoms with Crippen LogP contribution in [0.15, 0.2) is 39.4 Å². The lowest BCUT2D eigenvalue weighted by atomic mass is 10.2. The zero-order valence-corrected chi connectivity index (χ0v) is 15.5. The smallest absolute Gasteiger partial charge is 0.307 e. The Morgan fingerprint density at radius 2 is 2.00 bits per heavy atom. The van der Waals surface area contributed by atoms with Crippen LogP contribution in [0.5, 0.6) is 0 Å². The van der Waals surface area contributed by atoms with E-state index in [2.05, 4.69) is 52.2 Å². The summed E-state index contributed by atoms with van der Waals surface area (Å²) in [5, 5.41) is 5.31. The molecule has 1 aliphatic heterocycles. The van der Waals surface area contributed by atoms with Crippen molar-refractivity contribution in [2.45, 2.75) is 5.75 Å². The highest BCUT2D eigenvalue weighted by Crippen LogP contribution is 2.53. The molecule has 0 atom stereocenters. The van der Waals surface area contributed by atoms with Crippen molar-refractivity contribution in [3.8, 4) is 0 Å². The second kappa shape index (κ2) is 6.29. The van der Waals surface area contributed by atoms with Crippen LogP contribution in [0.25, 0.3) is 0 Å². The molecular formula is C13H12Br2N4O3S. The molecule has 0 bridgehead atoms. The van der Waals surface area contributed by atoms with Crippen LogP contribution < -0.4 is 15.4 Å². The first-order chi connectivity index (χ1) is 10.8. The predicted molar refractivity (Wildman–Crippen MR) is 98.9 cm³/mol. The SMILES string of the molecule is O=C(Nc1ccccc1Br)Nc1nc(Br)cc2c1NS(O)(O)C2. The monoisotopic (exact) mass is 462 g/mol. The topological polar surface area (TPSA) is 107 Å². The van der Waals surface area contributed by atoms with E-state index in [-0.39, 0.29) is 11.6 Å². The van der Waals surface area contributed by atoms with Crippen LogP contribution in [-0.4, -0.2) is 20.1 Å². The number of rotatable bonds is 2. The molecule has 3 rings (SSSR count). The van der Waals surface area contributed by atoms with Crippen LogP contribution in [0.3, 0.4) is 0 Å². The van der Waals surface area contributed by atoms with Gasteiger partial charge in [0.1, 0.15) is 10.3 Å². The highest BCUT2D eigenvalue weighted by atomic mass is 79.9. The number of para-hydroxylation sites is 1. The summed E-state index contributed by atoms with van der Waals surface area (Å²) >= 11 is 6.60. The summed E-state index contributed by atoms with van der Waals surface area (Å²) in [6.07, 6.45) is 0. The minimum atomic E-state index is -2.94. The number of urea groups is 1. The molecule has 2 aromatic rings. The van der Waals surface area contributed by atoms with Gasteiger partial charge in [-0.25, -0.2) is 9.78 Å². The number of fused-ring (bicyclic) bond motifs is 1. The molecule has 122 valence electrons. The lowest BCUT2D eigenvalue weighted by molar-refractivity contribution is 0.262. The van der Waals surface area contributed by atoms with E-state index in [4.69, 9.17) is 0 Å². The zero-order valence-electron chi connectivity index (χ0n) is 11.5. The van der Waals surface area contributed by atoms with Gasteiger partial charge in [0.25, 0.3) is 0 Å². The highest BCUT2D eigenvalue weighted by molar-refractivity contribution is 9.10. The summed E-state index contributed by atoms with van der Waals surface area (Å²) in [7, 11) is -2.94. The van der Waals surface area contributed by atoms with Crippen LogP contribution in [0, 0.1) is 0 Å². The number of anilines is 3. The number of carbonyl (C=O) groups excluding carboxylic acids is 1. The van der Waals surface area contributed by atoms with Crippen LogP contribution in [-0.2, 0) is 5.75 Å². The minimum absolute atomic E-state index is 0.0734. The number of nitrogens with zero attached hydrogens (tertiary/aromatic N) is 1. The Balaban J connectivity index is 1.81. The maximum absolute atomic E-state index is 12.2. The molecule has 7 nitrogen and oxygen atoms in total. The largest absolute Gasteiger partial charge is 0.324 e. The fourth-order valence-corrected chi connectivity index (χ4v) is 4.25. The molecule has 0 saturated heterocycles. The van der Waals surface area contributed by atoms with Gasteiger partial charge in [-0.2, -0.15) is 0 Å². The van der Waals surface area contributed by atoms with Gasteiger partial charge in [-0.15, -0.1) is 10.8 Å².